The van der Waals surface area contributed by atoms with Crippen LogP contribution >= 0.6 is 0 Å². The number of azo groups is 1. The number of hydrogen-bond donors (Lipinski definition) is 0. The number of imidazole rings is 1. The summed E-state index contributed by atoms with van der Waals surface area (Å²) >= 11 is 0. The van der Waals surface area contributed by atoms with E-state index in [1.807, 2.05) is 47.9 Å². The molecule has 0 spiro atoms. The number of fused-ring (bicyclic) bond motifs is 1. The summed E-state index contributed by atoms with van der Waals surface area (Å²) in [4.78, 5) is 4.54. The molecule has 0 amide bonds. The van der Waals surface area contributed by atoms with Crippen LogP contribution in [-0.2, 0) is 6.42 Å². The molecule has 1 aromatic carbocycles. The predicted octanol–water partition coefficient (Wildman–Crippen LogP) is 4.93. The summed E-state index contributed by atoms with van der Waals surface area (Å²) in [6, 6.07) is 12.2. The van der Waals surface area contributed by atoms with E-state index < -0.39 is 0 Å². The van der Waals surface area contributed by atoms with Crippen LogP contribution in [0.5, 0.6) is 0 Å². The van der Waals surface area contributed by atoms with Gasteiger partial charge < -0.3 is 0 Å². The Morgan fingerprint density at radius 2 is 1.90 bits per heavy atom. The first-order chi connectivity index (χ1) is 10.2. The molecule has 3 aromatic rings. The van der Waals surface area contributed by atoms with E-state index in [9.17, 15) is 0 Å². The fourth-order valence-electron chi connectivity index (χ4n) is 2.38. The quantitative estimate of drug-likeness (QED) is 0.626. The summed E-state index contributed by atoms with van der Waals surface area (Å²) in [7, 11) is 0. The number of nitrogens with zero attached hydrogens (tertiary/aromatic N) is 4. The molecule has 0 N–H and O–H groups in total. The van der Waals surface area contributed by atoms with Gasteiger partial charge in [-0.05, 0) is 49.6 Å². The highest BCUT2D eigenvalue weighted by Crippen LogP contribution is 2.25. The van der Waals surface area contributed by atoms with Crippen molar-refractivity contribution < 1.29 is 0 Å². The molecule has 21 heavy (non-hydrogen) atoms. The largest absolute Gasteiger partial charge is 0.283 e. The zero-order valence-electron chi connectivity index (χ0n) is 12.5. The lowest BCUT2D eigenvalue weighted by Gasteiger charge is -2.01. The molecule has 4 nitrogen and oxygen atoms in total. The van der Waals surface area contributed by atoms with Gasteiger partial charge in [-0.25, -0.2) is 4.98 Å². The topological polar surface area (TPSA) is 42.0 Å². The van der Waals surface area contributed by atoms with Crippen molar-refractivity contribution in [2.45, 2.75) is 27.2 Å². The zero-order valence-corrected chi connectivity index (χ0v) is 12.5. The Kier molecular flexibility index (Phi) is 3.52. The summed E-state index contributed by atoms with van der Waals surface area (Å²) in [5.41, 5.74) is 5.10. The SMILES string of the molecule is CCc1ccccc1N=Nc1c(C)nc2cc(C)ccn12. The lowest BCUT2D eigenvalue weighted by molar-refractivity contribution is 1.07. The summed E-state index contributed by atoms with van der Waals surface area (Å²) < 4.78 is 1.97. The highest BCUT2D eigenvalue weighted by Gasteiger charge is 2.08. The first-order valence-electron chi connectivity index (χ1n) is 7.14. The number of benzene rings is 1. The molecule has 4 heteroatoms. The number of hydrogen-bond acceptors (Lipinski definition) is 3. The fraction of sp³-hybridized carbons (Fsp3) is 0.235. The highest BCUT2D eigenvalue weighted by molar-refractivity contribution is 5.53. The third-order valence-electron chi connectivity index (χ3n) is 3.55. The van der Waals surface area contributed by atoms with Gasteiger partial charge in [0.15, 0.2) is 5.82 Å². The molecule has 0 atom stereocenters. The maximum atomic E-state index is 4.54. The summed E-state index contributed by atoms with van der Waals surface area (Å²) in [6.45, 7) is 6.14. The molecular formula is C17H18N4. The van der Waals surface area contributed by atoms with E-state index in [0.29, 0.717) is 0 Å². The van der Waals surface area contributed by atoms with Crippen LogP contribution in [0.25, 0.3) is 5.65 Å². The molecule has 0 unspecified atom stereocenters. The van der Waals surface area contributed by atoms with E-state index in [-0.39, 0.29) is 0 Å². The van der Waals surface area contributed by atoms with E-state index in [1.54, 1.807) is 0 Å². The van der Waals surface area contributed by atoms with Crippen LogP contribution in [0, 0.1) is 13.8 Å². The summed E-state index contributed by atoms with van der Waals surface area (Å²) in [5.74, 6) is 0.788. The van der Waals surface area contributed by atoms with Crippen molar-refractivity contribution in [2.75, 3.05) is 0 Å². The third-order valence-corrected chi connectivity index (χ3v) is 3.55. The average molecular weight is 278 g/mol. The van der Waals surface area contributed by atoms with Crippen molar-refractivity contribution in [1.29, 1.82) is 0 Å². The average Bonchev–Trinajstić information content (AvgIpc) is 2.80. The molecule has 0 aliphatic rings. The minimum atomic E-state index is 0.788. The Balaban J connectivity index is 2.05. The van der Waals surface area contributed by atoms with Gasteiger partial charge in [0.05, 0.1) is 11.4 Å². The number of aromatic nitrogens is 2. The Morgan fingerprint density at radius 1 is 1.10 bits per heavy atom. The first-order valence-corrected chi connectivity index (χ1v) is 7.14. The lowest BCUT2D eigenvalue weighted by Crippen LogP contribution is -1.84. The van der Waals surface area contributed by atoms with E-state index in [4.69, 9.17) is 0 Å². The van der Waals surface area contributed by atoms with Gasteiger partial charge in [0.25, 0.3) is 0 Å². The Labute approximate surface area is 124 Å². The maximum Gasteiger partial charge on any atom is 0.182 e. The molecule has 0 aliphatic heterocycles. The number of pyridine rings is 1. The molecule has 2 heterocycles. The van der Waals surface area contributed by atoms with Gasteiger partial charge in [0.2, 0.25) is 0 Å². The lowest BCUT2D eigenvalue weighted by atomic mass is 10.1. The van der Waals surface area contributed by atoms with Crippen LogP contribution in [0.3, 0.4) is 0 Å². The van der Waals surface area contributed by atoms with Crippen LogP contribution in [0.2, 0.25) is 0 Å². The van der Waals surface area contributed by atoms with Crippen molar-refractivity contribution in [2.24, 2.45) is 10.2 Å². The molecule has 0 bridgehead atoms. The van der Waals surface area contributed by atoms with Gasteiger partial charge in [0, 0.05) is 6.20 Å². The monoisotopic (exact) mass is 278 g/mol. The standard InChI is InChI=1S/C17H18N4/c1-4-14-7-5-6-8-15(14)19-20-17-13(3)18-16-11-12(2)9-10-21(16)17/h5-11H,4H2,1-3H3. The molecule has 0 radical (unpaired) electrons. The van der Waals surface area contributed by atoms with Gasteiger partial charge in [-0.15, -0.1) is 10.2 Å². The zero-order chi connectivity index (χ0) is 14.8. The second kappa shape index (κ2) is 5.48. The van der Waals surface area contributed by atoms with Crippen LogP contribution in [0.4, 0.5) is 11.5 Å². The van der Waals surface area contributed by atoms with Crippen LogP contribution in [0.1, 0.15) is 23.7 Å². The molecule has 0 fully saturated rings. The molecule has 3 rings (SSSR count). The van der Waals surface area contributed by atoms with Crippen LogP contribution in [-0.4, -0.2) is 9.38 Å². The second-order valence-electron chi connectivity index (χ2n) is 5.14. The normalized spacial score (nSPS) is 11.6. The maximum absolute atomic E-state index is 4.54. The van der Waals surface area contributed by atoms with Crippen molar-refractivity contribution in [3.63, 3.8) is 0 Å². The third kappa shape index (κ3) is 2.57. The molecule has 0 aliphatic carbocycles. The van der Waals surface area contributed by atoms with E-state index in [2.05, 4.69) is 35.1 Å². The van der Waals surface area contributed by atoms with Crippen LogP contribution < -0.4 is 0 Å². The van der Waals surface area contributed by atoms with Gasteiger partial charge in [-0.3, -0.25) is 4.40 Å². The summed E-state index contributed by atoms with van der Waals surface area (Å²) in [6.07, 6.45) is 2.94. The molecule has 2 aromatic heterocycles. The minimum Gasteiger partial charge on any atom is -0.283 e. The van der Waals surface area contributed by atoms with Crippen molar-refractivity contribution in [3.8, 4) is 0 Å². The molecular weight excluding hydrogens is 260 g/mol. The number of aryl methyl sites for hydroxylation is 3. The van der Waals surface area contributed by atoms with Gasteiger partial charge >= 0.3 is 0 Å². The predicted molar refractivity (Wildman–Crippen MR) is 84.7 cm³/mol. The van der Waals surface area contributed by atoms with Crippen LogP contribution in [0.15, 0.2) is 52.8 Å². The van der Waals surface area contributed by atoms with Crippen molar-refractivity contribution >= 4 is 17.2 Å². The smallest absolute Gasteiger partial charge is 0.182 e. The van der Waals surface area contributed by atoms with Crippen molar-refractivity contribution in [1.82, 2.24) is 9.38 Å². The Bertz CT molecular complexity index is 815. The highest BCUT2D eigenvalue weighted by atomic mass is 15.2. The van der Waals surface area contributed by atoms with E-state index >= 15 is 0 Å². The second-order valence-corrected chi connectivity index (χ2v) is 5.14. The van der Waals surface area contributed by atoms with Crippen molar-refractivity contribution in [3.05, 3.63) is 59.4 Å². The Hall–Kier alpha value is -2.49. The first kappa shape index (κ1) is 13.5. The fourth-order valence-corrected chi connectivity index (χ4v) is 2.38. The Morgan fingerprint density at radius 3 is 2.71 bits per heavy atom. The van der Waals surface area contributed by atoms with E-state index in [0.717, 1.165) is 29.3 Å². The molecule has 0 saturated heterocycles. The van der Waals surface area contributed by atoms with E-state index in [1.165, 1.54) is 11.1 Å². The van der Waals surface area contributed by atoms with Gasteiger partial charge in [-0.2, -0.15) is 0 Å². The van der Waals surface area contributed by atoms with Gasteiger partial charge in [0.1, 0.15) is 5.65 Å². The minimum absolute atomic E-state index is 0.788. The molecule has 0 saturated carbocycles. The molecule has 106 valence electrons. The summed E-state index contributed by atoms with van der Waals surface area (Å²) in [5, 5.41) is 8.84. The van der Waals surface area contributed by atoms with Gasteiger partial charge in [-0.1, -0.05) is 25.1 Å². The number of rotatable bonds is 3.